The minimum Gasteiger partial charge on any atom is -0.488 e. The lowest BCUT2D eigenvalue weighted by Crippen LogP contribution is -2.37. The number of pyridine rings is 1. The van der Waals surface area contributed by atoms with Gasteiger partial charge in [0.25, 0.3) is 0 Å². The van der Waals surface area contributed by atoms with Gasteiger partial charge in [-0.3, -0.25) is 9.78 Å². The van der Waals surface area contributed by atoms with Gasteiger partial charge < -0.3 is 15.8 Å². The first-order chi connectivity index (χ1) is 12.7. The molecule has 130 valence electrons. The summed E-state index contributed by atoms with van der Waals surface area (Å²) in [4.78, 5) is 16.5. The van der Waals surface area contributed by atoms with Crippen molar-refractivity contribution < 1.29 is 9.53 Å². The summed E-state index contributed by atoms with van der Waals surface area (Å²) in [6.45, 7) is 0.473. The van der Waals surface area contributed by atoms with E-state index in [0.717, 1.165) is 28.0 Å². The van der Waals surface area contributed by atoms with Crippen LogP contribution in [0.25, 0.3) is 11.1 Å². The minimum absolute atomic E-state index is 0.214. The van der Waals surface area contributed by atoms with Crippen LogP contribution in [-0.4, -0.2) is 16.9 Å². The van der Waals surface area contributed by atoms with E-state index in [4.69, 9.17) is 10.5 Å². The van der Waals surface area contributed by atoms with Crippen LogP contribution in [0.5, 0.6) is 5.75 Å². The number of nitrogens with one attached hydrogen (secondary N) is 1. The Morgan fingerprint density at radius 1 is 1.15 bits per heavy atom. The summed E-state index contributed by atoms with van der Waals surface area (Å²) in [5.74, 6) is 0.535. The number of nitrogens with two attached hydrogens (primary N) is 1. The first kappa shape index (κ1) is 16.3. The molecule has 0 fully saturated rings. The lowest BCUT2D eigenvalue weighted by atomic mass is 9.98. The van der Waals surface area contributed by atoms with Crippen LogP contribution in [0.2, 0.25) is 0 Å². The summed E-state index contributed by atoms with van der Waals surface area (Å²) < 4.78 is 5.81. The fraction of sp³-hybridized carbons (Fsp3) is 0.143. The molecule has 2 heterocycles. The number of ether oxygens (including phenoxy) is 1. The fourth-order valence-corrected chi connectivity index (χ4v) is 3.10. The van der Waals surface area contributed by atoms with Crippen molar-refractivity contribution in [1.82, 2.24) is 4.98 Å². The highest BCUT2D eigenvalue weighted by molar-refractivity contribution is 5.95. The summed E-state index contributed by atoms with van der Waals surface area (Å²) in [7, 11) is 0. The molecule has 26 heavy (non-hydrogen) atoms. The molecular weight excluding hydrogens is 326 g/mol. The van der Waals surface area contributed by atoms with E-state index in [2.05, 4.69) is 10.3 Å². The Labute approximate surface area is 151 Å². The first-order valence-corrected chi connectivity index (χ1v) is 8.51. The van der Waals surface area contributed by atoms with Gasteiger partial charge in [-0.2, -0.15) is 0 Å². The minimum atomic E-state index is -0.610. The van der Waals surface area contributed by atoms with Crippen LogP contribution in [0.3, 0.4) is 0 Å². The van der Waals surface area contributed by atoms with E-state index < -0.39 is 6.04 Å². The number of carbonyl (C=O) groups is 1. The maximum atomic E-state index is 12.4. The highest BCUT2D eigenvalue weighted by Gasteiger charge is 2.19. The molecule has 3 aromatic rings. The van der Waals surface area contributed by atoms with Gasteiger partial charge in [0.2, 0.25) is 5.91 Å². The van der Waals surface area contributed by atoms with Gasteiger partial charge in [0, 0.05) is 35.3 Å². The average Bonchev–Trinajstić information content (AvgIpc) is 2.68. The van der Waals surface area contributed by atoms with E-state index in [9.17, 15) is 4.79 Å². The van der Waals surface area contributed by atoms with Gasteiger partial charge in [0.05, 0.1) is 6.04 Å². The zero-order valence-electron chi connectivity index (χ0n) is 14.2. The Bertz CT molecular complexity index is 941. The monoisotopic (exact) mass is 345 g/mol. The molecule has 3 N–H and O–H groups in total. The molecule has 0 radical (unpaired) electrons. The average molecular weight is 345 g/mol. The fourth-order valence-electron chi connectivity index (χ4n) is 3.10. The maximum Gasteiger partial charge on any atom is 0.241 e. The van der Waals surface area contributed by atoms with Crippen molar-refractivity contribution in [3.8, 4) is 16.9 Å². The molecule has 0 unspecified atom stereocenters. The SMILES string of the molecule is N[C@H](Cc1ccccc1)C(=O)Nc1ccc2c(c1)OCc1cnccc1-2. The molecule has 1 atom stereocenters. The number of benzene rings is 2. The third-order valence-corrected chi connectivity index (χ3v) is 4.46. The van der Waals surface area contributed by atoms with Gasteiger partial charge in [-0.25, -0.2) is 0 Å². The summed E-state index contributed by atoms with van der Waals surface area (Å²) in [6.07, 6.45) is 4.08. The van der Waals surface area contributed by atoms with Crippen LogP contribution < -0.4 is 15.8 Å². The van der Waals surface area contributed by atoms with Crippen molar-refractivity contribution in [1.29, 1.82) is 0 Å². The topological polar surface area (TPSA) is 77.2 Å². The summed E-state index contributed by atoms with van der Waals surface area (Å²) in [5.41, 5.74) is 10.9. The number of amides is 1. The zero-order chi connectivity index (χ0) is 17.9. The van der Waals surface area contributed by atoms with Crippen molar-refractivity contribution in [2.24, 2.45) is 5.73 Å². The molecule has 5 nitrogen and oxygen atoms in total. The normalized spacial score (nSPS) is 13.1. The van der Waals surface area contributed by atoms with E-state index in [-0.39, 0.29) is 5.91 Å². The van der Waals surface area contributed by atoms with E-state index >= 15 is 0 Å². The largest absolute Gasteiger partial charge is 0.488 e. The summed E-state index contributed by atoms with van der Waals surface area (Å²) in [6, 6.07) is 16.8. The lowest BCUT2D eigenvalue weighted by molar-refractivity contribution is -0.117. The van der Waals surface area contributed by atoms with Gasteiger partial charge in [0.15, 0.2) is 0 Å². The molecule has 0 saturated carbocycles. The second kappa shape index (κ2) is 6.98. The molecule has 0 spiro atoms. The van der Waals surface area contributed by atoms with Crippen LogP contribution >= 0.6 is 0 Å². The van der Waals surface area contributed by atoms with Gasteiger partial charge in [0.1, 0.15) is 12.4 Å². The van der Waals surface area contributed by atoms with Crippen molar-refractivity contribution >= 4 is 11.6 Å². The molecule has 0 bridgehead atoms. The third kappa shape index (κ3) is 3.30. The molecule has 0 saturated heterocycles. The van der Waals surface area contributed by atoms with E-state index in [0.29, 0.717) is 18.7 Å². The highest BCUT2D eigenvalue weighted by atomic mass is 16.5. The molecule has 1 amide bonds. The Balaban J connectivity index is 1.49. The molecule has 5 heteroatoms. The predicted molar refractivity (Wildman–Crippen MR) is 101 cm³/mol. The number of fused-ring (bicyclic) bond motifs is 3. The summed E-state index contributed by atoms with van der Waals surface area (Å²) in [5, 5.41) is 2.88. The van der Waals surface area contributed by atoms with Gasteiger partial charge in [-0.05, 0) is 35.7 Å². The molecule has 1 aromatic heterocycles. The van der Waals surface area contributed by atoms with Gasteiger partial charge in [-0.1, -0.05) is 30.3 Å². The maximum absolute atomic E-state index is 12.4. The van der Waals surface area contributed by atoms with Crippen LogP contribution in [0.1, 0.15) is 11.1 Å². The molecular formula is C21H19N3O2. The number of hydrogen-bond donors (Lipinski definition) is 2. The molecule has 1 aliphatic heterocycles. The Kier molecular flexibility index (Phi) is 4.37. The Morgan fingerprint density at radius 3 is 2.85 bits per heavy atom. The third-order valence-electron chi connectivity index (χ3n) is 4.46. The van der Waals surface area contributed by atoms with Gasteiger partial charge >= 0.3 is 0 Å². The smallest absolute Gasteiger partial charge is 0.241 e. The van der Waals surface area contributed by atoms with Gasteiger partial charge in [-0.15, -0.1) is 0 Å². The van der Waals surface area contributed by atoms with E-state index in [1.54, 1.807) is 6.20 Å². The standard InChI is InChI=1S/C21H19N3O2/c22-19(10-14-4-2-1-3-5-14)21(25)24-16-6-7-18-17-8-9-23-12-15(17)13-26-20(18)11-16/h1-9,11-12,19H,10,13,22H2,(H,24,25)/t19-/m1/s1. The van der Waals surface area contributed by atoms with Crippen molar-refractivity contribution in [3.63, 3.8) is 0 Å². The van der Waals surface area contributed by atoms with Crippen molar-refractivity contribution in [2.75, 3.05) is 5.32 Å². The second-order valence-corrected chi connectivity index (χ2v) is 6.32. The van der Waals surface area contributed by atoms with E-state index in [1.807, 2.05) is 60.8 Å². The zero-order valence-corrected chi connectivity index (χ0v) is 14.2. The number of anilines is 1. The number of nitrogens with zero attached hydrogens (tertiary/aromatic N) is 1. The van der Waals surface area contributed by atoms with Crippen molar-refractivity contribution in [3.05, 3.63) is 78.1 Å². The molecule has 1 aliphatic rings. The molecule has 0 aliphatic carbocycles. The van der Waals surface area contributed by atoms with Crippen LogP contribution in [0.4, 0.5) is 5.69 Å². The lowest BCUT2D eigenvalue weighted by Gasteiger charge is -2.21. The summed E-state index contributed by atoms with van der Waals surface area (Å²) >= 11 is 0. The number of aromatic nitrogens is 1. The predicted octanol–water partition coefficient (Wildman–Crippen LogP) is 3.15. The first-order valence-electron chi connectivity index (χ1n) is 8.51. The number of rotatable bonds is 4. The van der Waals surface area contributed by atoms with Crippen LogP contribution in [0.15, 0.2) is 67.0 Å². The van der Waals surface area contributed by atoms with E-state index in [1.165, 1.54) is 0 Å². The van der Waals surface area contributed by atoms with Crippen LogP contribution in [-0.2, 0) is 17.8 Å². The number of carbonyl (C=O) groups excluding carboxylic acids is 1. The quantitative estimate of drug-likeness (QED) is 0.761. The second-order valence-electron chi connectivity index (χ2n) is 6.32. The highest BCUT2D eigenvalue weighted by Crippen LogP contribution is 2.38. The Hall–Kier alpha value is -3.18. The molecule has 4 rings (SSSR count). The van der Waals surface area contributed by atoms with Crippen LogP contribution in [0, 0.1) is 0 Å². The molecule has 2 aromatic carbocycles. The number of hydrogen-bond acceptors (Lipinski definition) is 4. The Morgan fingerprint density at radius 2 is 2.00 bits per heavy atom. The van der Waals surface area contributed by atoms with Crippen molar-refractivity contribution in [2.45, 2.75) is 19.1 Å².